The van der Waals surface area contributed by atoms with E-state index < -0.39 is 6.03 Å². The fraction of sp³-hybridized carbons (Fsp3) is 0.429. The molecule has 21 heavy (non-hydrogen) atoms. The maximum Gasteiger partial charge on any atom is 0.319 e. The monoisotopic (exact) mass is 294 g/mol. The van der Waals surface area contributed by atoms with E-state index in [1.807, 2.05) is 13.8 Å². The van der Waals surface area contributed by atoms with Gasteiger partial charge in [-0.3, -0.25) is 0 Å². The predicted molar refractivity (Wildman–Crippen MR) is 82.7 cm³/mol. The van der Waals surface area contributed by atoms with E-state index in [-0.39, 0.29) is 17.5 Å². The summed E-state index contributed by atoms with van der Waals surface area (Å²) in [5, 5.41) is 20.3. The topological polar surface area (TPSA) is 102 Å². The average Bonchev–Trinajstić information content (AvgIpc) is 2.46. The Bertz CT molecular complexity index is 491. The first-order chi connectivity index (χ1) is 10.1. The number of nitrogens with one attached hydrogen (secondary N) is 4. The number of carbonyl (C=O) groups excluding carboxylic acids is 2. The molecule has 0 bridgehead atoms. The molecular formula is C14H22N4O3. The minimum atomic E-state index is -0.435. The van der Waals surface area contributed by atoms with Gasteiger partial charge in [0, 0.05) is 13.1 Å². The molecule has 1 rings (SSSR count). The van der Waals surface area contributed by atoms with E-state index in [0.717, 1.165) is 12.8 Å². The lowest BCUT2D eigenvalue weighted by atomic mass is 10.2. The van der Waals surface area contributed by atoms with E-state index in [9.17, 15) is 14.7 Å². The van der Waals surface area contributed by atoms with Gasteiger partial charge in [-0.1, -0.05) is 19.9 Å². The maximum absolute atomic E-state index is 11.7. The van der Waals surface area contributed by atoms with Gasteiger partial charge in [0.2, 0.25) is 0 Å². The molecule has 0 unspecified atom stereocenters. The van der Waals surface area contributed by atoms with Crippen LogP contribution in [0, 0.1) is 0 Å². The summed E-state index contributed by atoms with van der Waals surface area (Å²) < 4.78 is 0. The fourth-order valence-electron chi connectivity index (χ4n) is 1.58. The Labute approximate surface area is 124 Å². The van der Waals surface area contributed by atoms with E-state index in [1.165, 1.54) is 6.07 Å². The van der Waals surface area contributed by atoms with Crippen molar-refractivity contribution in [3.8, 4) is 5.75 Å². The van der Waals surface area contributed by atoms with Gasteiger partial charge in [-0.25, -0.2) is 9.59 Å². The van der Waals surface area contributed by atoms with Crippen molar-refractivity contribution in [2.45, 2.75) is 26.7 Å². The molecule has 1 aromatic carbocycles. The molecule has 7 nitrogen and oxygen atoms in total. The van der Waals surface area contributed by atoms with E-state index in [4.69, 9.17) is 0 Å². The summed E-state index contributed by atoms with van der Waals surface area (Å²) in [6.07, 6.45) is 1.62. The Morgan fingerprint density at radius 3 is 2.14 bits per heavy atom. The molecule has 4 amide bonds. The Morgan fingerprint density at radius 2 is 1.57 bits per heavy atom. The zero-order chi connectivity index (χ0) is 15.7. The van der Waals surface area contributed by atoms with Crippen LogP contribution < -0.4 is 21.3 Å². The SMILES string of the molecule is CCCNC(=O)Nc1cccc(O)c1NC(=O)NCCC. The molecular weight excluding hydrogens is 272 g/mol. The number of para-hydroxylation sites is 1. The smallest absolute Gasteiger partial charge is 0.319 e. The molecule has 0 radical (unpaired) electrons. The molecule has 0 aliphatic rings. The normalized spacial score (nSPS) is 9.81. The lowest BCUT2D eigenvalue weighted by Gasteiger charge is -2.14. The van der Waals surface area contributed by atoms with Crippen molar-refractivity contribution < 1.29 is 14.7 Å². The third kappa shape index (κ3) is 5.60. The molecule has 7 heteroatoms. The molecule has 0 saturated heterocycles. The van der Waals surface area contributed by atoms with Gasteiger partial charge >= 0.3 is 12.1 Å². The second kappa shape index (κ2) is 8.68. The summed E-state index contributed by atoms with van der Waals surface area (Å²) in [6.45, 7) is 4.95. The number of anilines is 2. The first-order valence-electron chi connectivity index (χ1n) is 7.00. The van der Waals surface area contributed by atoms with Crippen molar-refractivity contribution >= 4 is 23.4 Å². The molecule has 1 aromatic rings. The largest absolute Gasteiger partial charge is 0.506 e. The number of hydrogen-bond donors (Lipinski definition) is 5. The lowest BCUT2D eigenvalue weighted by Crippen LogP contribution is -2.31. The summed E-state index contributed by atoms with van der Waals surface area (Å²) in [6, 6.07) is 3.79. The highest BCUT2D eigenvalue weighted by atomic mass is 16.3. The minimum absolute atomic E-state index is 0.116. The van der Waals surface area contributed by atoms with E-state index >= 15 is 0 Å². The summed E-state index contributed by atoms with van der Waals surface area (Å²) in [7, 11) is 0. The van der Waals surface area contributed by atoms with Gasteiger partial charge in [-0.2, -0.15) is 0 Å². The zero-order valence-corrected chi connectivity index (χ0v) is 12.3. The third-order valence-electron chi connectivity index (χ3n) is 2.60. The number of phenolic OH excluding ortho intramolecular Hbond substituents is 1. The molecule has 0 aliphatic carbocycles. The minimum Gasteiger partial charge on any atom is -0.506 e. The number of aromatic hydroxyl groups is 1. The maximum atomic E-state index is 11.7. The Kier molecular flexibility index (Phi) is 6.86. The van der Waals surface area contributed by atoms with Gasteiger partial charge < -0.3 is 26.4 Å². The molecule has 0 atom stereocenters. The van der Waals surface area contributed by atoms with Crippen LogP contribution in [0.1, 0.15) is 26.7 Å². The van der Waals surface area contributed by atoms with Crippen LogP contribution >= 0.6 is 0 Å². The van der Waals surface area contributed by atoms with Gasteiger partial charge in [0.25, 0.3) is 0 Å². The van der Waals surface area contributed by atoms with Crippen LogP contribution in [0.5, 0.6) is 5.75 Å². The summed E-state index contributed by atoms with van der Waals surface area (Å²) in [5.41, 5.74) is 0.494. The Hall–Kier alpha value is -2.44. The molecule has 0 spiro atoms. The predicted octanol–water partition coefficient (Wildman–Crippen LogP) is 2.46. The van der Waals surface area contributed by atoms with E-state index in [2.05, 4.69) is 21.3 Å². The van der Waals surface area contributed by atoms with Crippen molar-refractivity contribution in [3.05, 3.63) is 18.2 Å². The van der Waals surface area contributed by atoms with Crippen molar-refractivity contribution in [3.63, 3.8) is 0 Å². The quantitative estimate of drug-likeness (QED) is 0.521. The zero-order valence-electron chi connectivity index (χ0n) is 12.3. The molecule has 116 valence electrons. The van der Waals surface area contributed by atoms with E-state index in [1.54, 1.807) is 12.1 Å². The number of benzene rings is 1. The number of carbonyl (C=O) groups is 2. The first kappa shape index (κ1) is 16.6. The molecule has 0 saturated carbocycles. The van der Waals surface area contributed by atoms with Crippen molar-refractivity contribution in [1.29, 1.82) is 0 Å². The van der Waals surface area contributed by atoms with Crippen LogP contribution in [-0.2, 0) is 0 Å². The number of phenols is 1. The summed E-state index contributed by atoms with van der Waals surface area (Å²) >= 11 is 0. The van der Waals surface area contributed by atoms with Crippen LogP contribution in [0.15, 0.2) is 18.2 Å². The van der Waals surface area contributed by atoms with Gasteiger partial charge in [0.15, 0.2) is 0 Å². The lowest BCUT2D eigenvalue weighted by molar-refractivity contribution is 0.251. The third-order valence-corrected chi connectivity index (χ3v) is 2.60. The number of hydrogen-bond acceptors (Lipinski definition) is 3. The molecule has 5 N–H and O–H groups in total. The van der Waals surface area contributed by atoms with Gasteiger partial charge in [0.05, 0.1) is 5.69 Å². The van der Waals surface area contributed by atoms with Crippen LogP contribution in [0.4, 0.5) is 21.0 Å². The number of rotatable bonds is 6. The first-order valence-corrected chi connectivity index (χ1v) is 7.00. The highest BCUT2D eigenvalue weighted by Crippen LogP contribution is 2.31. The van der Waals surface area contributed by atoms with Gasteiger partial charge in [0.1, 0.15) is 11.4 Å². The molecule has 0 fully saturated rings. The van der Waals surface area contributed by atoms with Gasteiger partial charge in [-0.15, -0.1) is 0 Å². The Morgan fingerprint density at radius 1 is 1.00 bits per heavy atom. The second-order valence-electron chi connectivity index (χ2n) is 4.46. The highest BCUT2D eigenvalue weighted by molar-refractivity contribution is 6.00. The van der Waals surface area contributed by atoms with E-state index in [0.29, 0.717) is 18.8 Å². The number of urea groups is 2. The van der Waals surface area contributed by atoms with Crippen molar-refractivity contribution in [1.82, 2.24) is 10.6 Å². The standard InChI is InChI=1S/C14H22N4O3/c1-3-8-15-13(20)17-10-6-5-7-11(19)12(10)18-14(21)16-9-4-2/h5-7,19H,3-4,8-9H2,1-2H3,(H2,15,17,20)(H2,16,18,21). The van der Waals surface area contributed by atoms with Crippen molar-refractivity contribution in [2.24, 2.45) is 0 Å². The molecule has 0 heterocycles. The molecule has 0 aromatic heterocycles. The summed E-state index contributed by atoms with van der Waals surface area (Å²) in [4.78, 5) is 23.3. The van der Waals surface area contributed by atoms with Crippen LogP contribution in [0.3, 0.4) is 0 Å². The summed E-state index contributed by atoms with van der Waals surface area (Å²) in [5.74, 6) is -0.116. The Balaban J connectivity index is 2.77. The second-order valence-corrected chi connectivity index (χ2v) is 4.46. The fourth-order valence-corrected chi connectivity index (χ4v) is 1.58. The van der Waals surface area contributed by atoms with Crippen LogP contribution in [0.2, 0.25) is 0 Å². The molecule has 0 aliphatic heterocycles. The van der Waals surface area contributed by atoms with Gasteiger partial charge in [-0.05, 0) is 25.0 Å². The van der Waals surface area contributed by atoms with Crippen molar-refractivity contribution in [2.75, 3.05) is 23.7 Å². The van der Waals surface area contributed by atoms with Crippen LogP contribution in [-0.4, -0.2) is 30.3 Å². The van der Waals surface area contributed by atoms with Crippen LogP contribution in [0.25, 0.3) is 0 Å². The number of amides is 4. The average molecular weight is 294 g/mol. The highest BCUT2D eigenvalue weighted by Gasteiger charge is 2.12.